The van der Waals surface area contributed by atoms with Crippen molar-refractivity contribution in [3.8, 4) is 0 Å². The fourth-order valence-electron chi connectivity index (χ4n) is 3.24. The zero-order chi connectivity index (χ0) is 20.8. The van der Waals surface area contributed by atoms with Crippen LogP contribution in [-0.4, -0.2) is 22.9 Å². The van der Waals surface area contributed by atoms with Crippen LogP contribution in [0.1, 0.15) is 31.4 Å². The molecule has 0 aliphatic carbocycles. The van der Waals surface area contributed by atoms with Crippen molar-refractivity contribution in [2.75, 3.05) is 0 Å². The molecule has 1 aromatic heterocycles. The molecule has 0 unspecified atom stereocenters. The van der Waals surface area contributed by atoms with Gasteiger partial charge in [-0.2, -0.15) is 0 Å². The van der Waals surface area contributed by atoms with E-state index in [9.17, 15) is 14.0 Å². The van der Waals surface area contributed by atoms with Crippen LogP contribution in [-0.2, 0) is 27.4 Å². The van der Waals surface area contributed by atoms with E-state index in [0.29, 0.717) is 11.9 Å². The van der Waals surface area contributed by atoms with Crippen LogP contribution in [0, 0.1) is 11.7 Å². The molecule has 0 fully saturated rings. The molecule has 3 aromatic rings. The summed E-state index contributed by atoms with van der Waals surface area (Å²) in [6.45, 7) is 4.13. The highest BCUT2D eigenvalue weighted by atomic mass is 19.1. The Bertz CT molecular complexity index is 982. The molecule has 3 rings (SSSR count). The highest BCUT2D eigenvalue weighted by Gasteiger charge is 2.24. The van der Waals surface area contributed by atoms with Crippen LogP contribution in [0.25, 0.3) is 10.9 Å². The molecule has 29 heavy (non-hydrogen) atoms. The summed E-state index contributed by atoms with van der Waals surface area (Å²) in [5.41, 5.74) is 2.27. The van der Waals surface area contributed by atoms with Gasteiger partial charge in [0.05, 0.1) is 6.42 Å². The Morgan fingerprint density at radius 3 is 2.62 bits per heavy atom. The predicted molar refractivity (Wildman–Crippen MR) is 110 cm³/mol. The van der Waals surface area contributed by atoms with E-state index in [1.807, 2.05) is 44.2 Å². The zero-order valence-corrected chi connectivity index (χ0v) is 16.6. The third-order valence-electron chi connectivity index (χ3n) is 4.63. The van der Waals surface area contributed by atoms with Crippen LogP contribution in [0.15, 0.2) is 54.7 Å². The summed E-state index contributed by atoms with van der Waals surface area (Å²) >= 11 is 0. The molecular formula is C23H25FN2O3. The summed E-state index contributed by atoms with van der Waals surface area (Å²) in [5, 5.41) is 3.58. The molecule has 0 bridgehead atoms. The molecule has 152 valence electrons. The predicted octanol–water partition coefficient (Wildman–Crippen LogP) is 4.12. The lowest BCUT2D eigenvalue weighted by molar-refractivity contribution is -0.149. The quantitative estimate of drug-likeness (QED) is 0.563. The van der Waals surface area contributed by atoms with Crippen molar-refractivity contribution in [2.45, 2.75) is 39.3 Å². The molecule has 2 aromatic carbocycles. The number of rotatable bonds is 8. The smallest absolute Gasteiger partial charge is 0.328 e. The van der Waals surface area contributed by atoms with Crippen LogP contribution in [0.5, 0.6) is 0 Å². The molecule has 0 spiro atoms. The average Bonchev–Trinajstić information content (AvgIpc) is 3.07. The van der Waals surface area contributed by atoms with Crippen molar-refractivity contribution in [1.82, 2.24) is 10.3 Å². The van der Waals surface area contributed by atoms with Crippen molar-refractivity contribution < 1.29 is 18.7 Å². The summed E-state index contributed by atoms with van der Waals surface area (Å²) in [7, 11) is 0. The van der Waals surface area contributed by atoms with Crippen molar-refractivity contribution in [3.63, 3.8) is 0 Å². The Balaban J connectivity index is 1.63. The second-order valence-corrected chi connectivity index (χ2v) is 7.52. The van der Waals surface area contributed by atoms with Gasteiger partial charge in [0, 0.05) is 17.1 Å². The molecule has 0 radical (unpaired) electrons. The van der Waals surface area contributed by atoms with E-state index < -0.39 is 12.0 Å². The third kappa shape index (κ3) is 5.67. The number of halogens is 1. The largest absolute Gasteiger partial charge is 0.459 e. The Hall–Kier alpha value is -3.15. The van der Waals surface area contributed by atoms with Gasteiger partial charge in [-0.05, 0) is 41.7 Å². The number of ether oxygens (including phenoxy) is 1. The molecule has 1 heterocycles. The molecule has 5 nitrogen and oxygen atoms in total. The van der Waals surface area contributed by atoms with Crippen molar-refractivity contribution >= 4 is 22.8 Å². The topological polar surface area (TPSA) is 71.2 Å². The van der Waals surface area contributed by atoms with Gasteiger partial charge in [0.15, 0.2) is 0 Å². The molecule has 6 heteroatoms. The Labute approximate surface area is 169 Å². The first kappa shape index (κ1) is 20.6. The minimum absolute atomic E-state index is 0.0895. The van der Waals surface area contributed by atoms with Gasteiger partial charge in [-0.15, -0.1) is 0 Å². The number of esters is 1. The molecule has 0 aliphatic heterocycles. The third-order valence-corrected chi connectivity index (χ3v) is 4.63. The van der Waals surface area contributed by atoms with Crippen LogP contribution in [0.4, 0.5) is 4.39 Å². The number of H-pyrrole nitrogens is 1. The molecule has 2 N–H and O–H groups in total. The van der Waals surface area contributed by atoms with Gasteiger partial charge >= 0.3 is 5.97 Å². The lowest BCUT2D eigenvalue weighted by atomic mass is 10.0. The molecule has 0 saturated heterocycles. The fraction of sp³-hybridized carbons (Fsp3) is 0.304. The second kappa shape index (κ2) is 9.37. The number of benzene rings is 2. The van der Waals surface area contributed by atoms with E-state index in [4.69, 9.17) is 4.74 Å². The maximum Gasteiger partial charge on any atom is 0.328 e. The first-order chi connectivity index (χ1) is 13.9. The van der Waals surface area contributed by atoms with Crippen LogP contribution >= 0.6 is 0 Å². The Morgan fingerprint density at radius 1 is 1.14 bits per heavy atom. The number of carbonyl (C=O) groups is 2. The highest BCUT2D eigenvalue weighted by Crippen LogP contribution is 2.20. The summed E-state index contributed by atoms with van der Waals surface area (Å²) in [6.07, 6.45) is 2.26. The van der Waals surface area contributed by atoms with Crippen LogP contribution in [0.3, 0.4) is 0 Å². The summed E-state index contributed by atoms with van der Waals surface area (Å²) in [4.78, 5) is 28.1. The number of hydrogen-bond acceptors (Lipinski definition) is 3. The minimum Gasteiger partial charge on any atom is -0.459 e. The number of aromatic amines is 1. The van der Waals surface area contributed by atoms with Gasteiger partial charge in [0.25, 0.3) is 0 Å². The van der Waals surface area contributed by atoms with Crippen molar-refractivity contribution in [1.29, 1.82) is 0 Å². The molecular weight excluding hydrogens is 371 g/mol. The van der Waals surface area contributed by atoms with E-state index in [0.717, 1.165) is 16.5 Å². The fourth-order valence-corrected chi connectivity index (χ4v) is 3.24. The number of hydrogen-bond donors (Lipinski definition) is 2. The number of aromatic nitrogens is 1. The maximum atomic E-state index is 13.3. The van der Waals surface area contributed by atoms with E-state index in [2.05, 4.69) is 10.3 Å². The van der Waals surface area contributed by atoms with Crippen molar-refractivity contribution in [2.24, 2.45) is 5.92 Å². The minimum atomic E-state index is -0.714. The lowest BCUT2D eigenvalue weighted by Gasteiger charge is -2.19. The second-order valence-electron chi connectivity index (χ2n) is 7.52. The van der Waals surface area contributed by atoms with E-state index in [1.54, 1.807) is 12.3 Å². The molecule has 0 aliphatic rings. The standard InChI is InChI=1S/C23H25FN2O3/c1-15(2)10-21(23(28)29-14-16-6-4-3-5-7-16)26-22(27)11-17-13-25-20-12-18(24)8-9-19(17)20/h3-9,12-13,15,21,25H,10-11,14H2,1-2H3,(H,26,27)/t21-/m0/s1. The normalized spacial score (nSPS) is 12.1. The maximum absolute atomic E-state index is 13.3. The monoisotopic (exact) mass is 396 g/mol. The molecule has 1 amide bonds. The SMILES string of the molecule is CC(C)C[C@H](NC(=O)Cc1c[nH]c2cc(F)ccc12)C(=O)OCc1ccccc1. The summed E-state index contributed by atoms with van der Waals surface area (Å²) in [5.74, 6) is -0.858. The molecule has 0 saturated carbocycles. The summed E-state index contributed by atoms with van der Waals surface area (Å²) < 4.78 is 18.7. The zero-order valence-electron chi connectivity index (χ0n) is 16.6. The number of nitrogens with one attached hydrogen (secondary N) is 2. The van der Waals surface area contributed by atoms with Gasteiger partial charge in [-0.25, -0.2) is 9.18 Å². The van der Waals surface area contributed by atoms with Crippen LogP contribution < -0.4 is 5.32 Å². The number of fused-ring (bicyclic) bond motifs is 1. The Kier molecular flexibility index (Phi) is 6.65. The first-order valence-electron chi connectivity index (χ1n) is 9.68. The highest BCUT2D eigenvalue weighted by molar-refractivity contribution is 5.90. The Morgan fingerprint density at radius 2 is 1.90 bits per heavy atom. The van der Waals surface area contributed by atoms with Crippen molar-refractivity contribution in [3.05, 3.63) is 71.7 Å². The van der Waals surface area contributed by atoms with Gasteiger partial charge in [0.2, 0.25) is 5.91 Å². The van der Waals surface area contributed by atoms with Gasteiger partial charge in [-0.3, -0.25) is 4.79 Å². The molecule has 1 atom stereocenters. The van der Waals surface area contributed by atoms with E-state index in [-0.39, 0.29) is 30.7 Å². The number of carbonyl (C=O) groups excluding carboxylic acids is 2. The van der Waals surface area contributed by atoms with Gasteiger partial charge in [-0.1, -0.05) is 44.2 Å². The average molecular weight is 396 g/mol. The first-order valence-corrected chi connectivity index (χ1v) is 9.68. The summed E-state index contributed by atoms with van der Waals surface area (Å²) in [6, 6.07) is 13.1. The van der Waals surface area contributed by atoms with Crippen LogP contribution in [0.2, 0.25) is 0 Å². The lowest BCUT2D eigenvalue weighted by Crippen LogP contribution is -2.43. The van der Waals surface area contributed by atoms with Gasteiger partial charge in [0.1, 0.15) is 18.5 Å². The van der Waals surface area contributed by atoms with E-state index in [1.165, 1.54) is 12.1 Å². The van der Waals surface area contributed by atoms with E-state index >= 15 is 0 Å². The number of amides is 1. The van der Waals surface area contributed by atoms with Gasteiger partial charge < -0.3 is 15.0 Å².